The van der Waals surface area contributed by atoms with E-state index in [-0.39, 0.29) is 5.92 Å². The quantitative estimate of drug-likeness (QED) is 0.874. The average Bonchev–Trinajstić information content (AvgIpc) is 2.33. The van der Waals surface area contributed by atoms with Gasteiger partial charge in [0.05, 0.1) is 5.92 Å². The molecule has 2 aromatic carbocycles. The Kier molecular flexibility index (Phi) is 3.14. The van der Waals surface area contributed by atoms with Gasteiger partial charge in [0, 0.05) is 0 Å². The predicted molar refractivity (Wildman–Crippen MR) is 69.2 cm³/mol. The lowest BCUT2D eigenvalue weighted by Gasteiger charge is -2.11. The maximum absolute atomic E-state index is 10.9. The van der Waals surface area contributed by atoms with E-state index >= 15 is 0 Å². The summed E-state index contributed by atoms with van der Waals surface area (Å²) in [7, 11) is 0. The SMILES string of the molecule is Cc1ccc(CC(C)C(=O)O)c2ccccc12. The minimum atomic E-state index is -0.741. The number of rotatable bonds is 3. The van der Waals surface area contributed by atoms with Gasteiger partial charge < -0.3 is 5.11 Å². The van der Waals surface area contributed by atoms with Crippen molar-refractivity contribution in [2.24, 2.45) is 5.92 Å². The van der Waals surface area contributed by atoms with Crippen LogP contribution in [0.2, 0.25) is 0 Å². The summed E-state index contributed by atoms with van der Waals surface area (Å²) in [5, 5.41) is 11.3. The van der Waals surface area contributed by atoms with Crippen LogP contribution >= 0.6 is 0 Å². The monoisotopic (exact) mass is 228 g/mol. The molecular formula is C15H16O2. The minimum absolute atomic E-state index is 0.346. The van der Waals surface area contributed by atoms with Gasteiger partial charge in [0.15, 0.2) is 0 Å². The molecule has 88 valence electrons. The number of fused-ring (bicyclic) bond motifs is 1. The molecule has 0 fully saturated rings. The van der Waals surface area contributed by atoms with Gasteiger partial charge in [-0.25, -0.2) is 0 Å². The van der Waals surface area contributed by atoms with E-state index in [1.165, 1.54) is 16.3 Å². The van der Waals surface area contributed by atoms with Crippen LogP contribution in [0.5, 0.6) is 0 Å². The Morgan fingerprint density at radius 2 is 1.82 bits per heavy atom. The van der Waals surface area contributed by atoms with Crippen LogP contribution in [0, 0.1) is 12.8 Å². The lowest BCUT2D eigenvalue weighted by molar-refractivity contribution is -0.141. The van der Waals surface area contributed by atoms with Crippen molar-refractivity contribution in [3.8, 4) is 0 Å². The summed E-state index contributed by atoms with van der Waals surface area (Å²) < 4.78 is 0. The van der Waals surface area contributed by atoms with Crippen LogP contribution in [-0.4, -0.2) is 11.1 Å². The first-order valence-electron chi connectivity index (χ1n) is 5.79. The molecular weight excluding hydrogens is 212 g/mol. The van der Waals surface area contributed by atoms with Crippen molar-refractivity contribution < 1.29 is 9.90 Å². The number of carboxylic acids is 1. The smallest absolute Gasteiger partial charge is 0.306 e. The maximum atomic E-state index is 10.9. The van der Waals surface area contributed by atoms with E-state index in [0.717, 1.165) is 5.56 Å². The molecule has 1 N–H and O–H groups in total. The fourth-order valence-electron chi connectivity index (χ4n) is 2.11. The molecule has 0 bridgehead atoms. The third-order valence-corrected chi connectivity index (χ3v) is 3.18. The lowest BCUT2D eigenvalue weighted by atomic mass is 9.94. The summed E-state index contributed by atoms with van der Waals surface area (Å²) >= 11 is 0. The van der Waals surface area contributed by atoms with Gasteiger partial charge in [-0.05, 0) is 35.2 Å². The molecule has 2 aromatic rings. The van der Waals surface area contributed by atoms with Crippen LogP contribution in [0.15, 0.2) is 36.4 Å². The zero-order chi connectivity index (χ0) is 12.4. The Hall–Kier alpha value is -1.83. The van der Waals surface area contributed by atoms with Crippen LogP contribution in [0.3, 0.4) is 0 Å². The van der Waals surface area contributed by atoms with Crippen LogP contribution < -0.4 is 0 Å². The lowest BCUT2D eigenvalue weighted by Crippen LogP contribution is -2.12. The molecule has 0 saturated carbocycles. The predicted octanol–water partition coefficient (Wildman–Crippen LogP) is 3.41. The maximum Gasteiger partial charge on any atom is 0.306 e. The molecule has 0 aliphatic carbocycles. The highest BCUT2D eigenvalue weighted by Gasteiger charge is 2.13. The van der Waals surface area contributed by atoms with Crippen molar-refractivity contribution in [3.05, 3.63) is 47.5 Å². The molecule has 0 spiro atoms. The summed E-state index contributed by atoms with van der Waals surface area (Å²) in [6, 6.07) is 12.3. The minimum Gasteiger partial charge on any atom is -0.481 e. The van der Waals surface area contributed by atoms with E-state index in [1.807, 2.05) is 18.2 Å². The van der Waals surface area contributed by atoms with Gasteiger partial charge in [-0.2, -0.15) is 0 Å². The van der Waals surface area contributed by atoms with Gasteiger partial charge in [-0.15, -0.1) is 0 Å². The molecule has 17 heavy (non-hydrogen) atoms. The zero-order valence-corrected chi connectivity index (χ0v) is 10.1. The highest BCUT2D eigenvalue weighted by atomic mass is 16.4. The van der Waals surface area contributed by atoms with Crippen LogP contribution in [0.1, 0.15) is 18.1 Å². The second-order valence-electron chi connectivity index (χ2n) is 4.53. The van der Waals surface area contributed by atoms with Gasteiger partial charge in [-0.1, -0.05) is 43.3 Å². The van der Waals surface area contributed by atoms with E-state index in [2.05, 4.69) is 25.1 Å². The highest BCUT2D eigenvalue weighted by molar-refractivity contribution is 5.88. The van der Waals surface area contributed by atoms with Gasteiger partial charge in [-0.3, -0.25) is 4.79 Å². The van der Waals surface area contributed by atoms with E-state index in [4.69, 9.17) is 5.11 Å². The summed E-state index contributed by atoms with van der Waals surface area (Å²) in [4.78, 5) is 10.9. The summed E-state index contributed by atoms with van der Waals surface area (Å²) in [5.41, 5.74) is 2.34. The second-order valence-corrected chi connectivity index (χ2v) is 4.53. The molecule has 0 aliphatic rings. The number of hydrogen-bond acceptors (Lipinski definition) is 1. The first kappa shape index (κ1) is 11.6. The molecule has 2 heteroatoms. The third-order valence-electron chi connectivity index (χ3n) is 3.18. The van der Waals surface area contributed by atoms with Gasteiger partial charge in [0.2, 0.25) is 0 Å². The molecule has 2 nitrogen and oxygen atoms in total. The van der Waals surface area contributed by atoms with Crippen molar-refractivity contribution in [2.75, 3.05) is 0 Å². The zero-order valence-electron chi connectivity index (χ0n) is 10.1. The fraction of sp³-hybridized carbons (Fsp3) is 0.267. The van der Waals surface area contributed by atoms with Crippen LogP contribution in [0.4, 0.5) is 0 Å². The Morgan fingerprint density at radius 3 is 2.47 bits per heavy atom. The number of aryl methyl sites for hydroxylation is 1. The molecule has 0 radical (unpaired) electrons. The molecule has 0 saturated heterocycles. The van der Waals surface area contributed by atoms with Crippen molar-refractivity contribution in [3.63, 3.8) is 0 Å². The van der Waals surface area contributed by atoms with E-state index in [9.17, 15) is 4.79 Å². The first-order valence-corrected chi connectivity index (χ1v) is 5.79. The first-order chi connectivity index (χ1) is 8.09. The second kappa shape index (κ2) is 4.58. The molecule has 1 atom stereocenters. The molecule has 0 amide bonds. The number of benzene rings is 2. The molecule has 0 aliphatic heterocycles. The van der Waals surface area contributed by atoms with Crippen LogP contribution in [-0.2, 0) is 11.2 Å². The third kappa shape index (κ3) is 2.31. The van der Waals surface area contributed by atoms with Crippen molar-refractivity contribution in [2.45, 2.75) is 20.3 Å². The standard InChI is InChI=1S/C15H16O2/c1-10-7-8-12(9-11(2)15(16)17)14-6-4-3-5-13(10)14/h3-8,11H,9H2,1-2H3,(H,16,17). The van der Waals surface area contributed by atoms with Crippen molar-refractivity contribution in [1.82, 2.24) is 0 Å². The highest BCUT2D eigenvalue weighted by Crippen LogP contribution is 2.24. The number of carboxylic acid groups (broad SMARTS) is 1. The molecule has 0 heterocycles. The number of carbonyl (C=O) groups is 1. The van der Waals surface area contributed by atoms with Gasteiger partial charge in [0.25, 0.3) is 0 Å². The fourth-order valence-corrected chi connectivity index (χ4v) is 2.11. The molecule has 0 aromatic heterocycles. The largest absolute Gasteiger partial charge is 0.481 e. The number of hydrogen-bond donors (Lipinski definition) is 1. The van der Waals surface area contributed by atoms with Gasteiger partial charge in [0.1, 0.15) is 0 Å². The Balaban J connectivity index is 2.48. The molecule has 1 unspecified atom stereocenters. The summed E-state index contributed by atoms with van der Waals surface area (Å²) in [6.45, 7) is 3.82. The number of aliphatic carboxylic acids is 1. The van der Waals surface area contributed by atoms with Crippen molar-refractivity contribution in [1.29, 1.82) is 0 Å². The van der Waals surface area contributed by atoms with Gasteiger partial charge >= 0.3 is 5.97 Å². The topological polar surface area (TPSA) is 37.3 Å². The van der Waals surface area contributed by atoms with E-state index in [0.29, 0.717) is 6.42 Å². The van der Waals surface area contributed by atoms with Crippen LogP contribution in [0.25, 0.3) is 10.8 Å². The summed E-state index contributed by atoms with van der Waals surface area (Å²) in [5.74, 6) is -1.09. The normalized spacial score (nSPS) is 12.6. The average molecular weight is 228 g/mol. The molecule has 2 rings (SSSR count). The Bertz CT molecular complexity index is 558. The summed E-state index contributed by atoms with van der Waals surface area (Å²) in [6.07, 6.45) is 0.579. The Labute approximate surface area is 101 Å². The van der Waals surface area contributed by atoms with E-state index < -0.39 is 5.97 Å². The van der Waals surface area contributed by atoms with E-state index in [1.54, 1.807) is 6.92 Å². The Morgan fingerprint density at radius 1 is 1.18 bits per heavy atom. The van der Waals surface area contributed by atoms with Crippen molar-refractivity contribution >= 4 is 16.7 Å².